The Morgan fingerprint density at radius 2 is 1.52 bits per heavy atom. The van der Waals surface area contributed by atoms with Gasteiger partial charge in [-0.1, -0.05) is 35.9 Å². The number of carbonyl (C=O) groups excluding carboxylic acids is 2. The van der Waals surface area contributed by atoms with E-state index in [1.807, 2.05) is 37.3 Å². The van der Waals surface area contributed by atoms with E-state index in [1.54, 1.807) is 44.8 Å². The van der Waals surface area contributed by atoms with Crippen LogP contribution in [0.4, 0.5) is 0 Å². The third-order valence-corrected chi connectivity index (χ3v) is 5.27. The fraction of sp³-hybridized carbons (Fsp3) is 0.227. The predicted octanol–water partition coefficient (Wildman–Crippen LogP) is 3.43. The van der Waals surface area contributed by atoms with Crippen molar-refractivity contribution in [3.8, 4) is 5.69 Å². The zero-order valence-electron chi connectivity index (χ0n) is 16.1. The van der Waals surface area contributed by atoms with Crippen LogP contribution in [0.2, 0.25) is 5.02 Å². The van der Waals surface area contributed by atoms with Crippen molar-refractivity contribution in [1.29, 1.82) is 0 Å². The van der Waals surface area contributed by atoms with E-state index in [2.05, 4.69) is 5.10 Å². The standard InChI is InChI=1S/C22H21ClN4O2/c1-16-14-20(24-27(16)19-8-3-2-4-9-19)22(29)26-12-10-25(11-13-26)21(28)17-6-5-7-18(23)15-17/h2-9,14-15H,10-13H2,1H3. The molecule has 1 aromatic heterocycles. The molecule has 7 heteroatoms. The lowest BCUT2D eigenvalue weighted by Crippen LogP contribution is -2.50. The predicted molar refractivity (Wildman–Crippen MR) is 112 cm³/mol. The van der Waals surface area contributed by atoms with Gasteiger partial charge in [0.2, 0.25) is 0 Å². The maximum absolute atomic E-state index is 12.9. The Labute approximate surface area is 174 Å². The van der Waals surface area contributed by atoms with Gasteiger partial charge in [0, 0.05) is 42.5 Å². The summed E-state index contributed by atoms with van der Waals surface area (Å²) >= 11 is 5.99. The zero-order valence-corrected chi connectivity index (χ0v) is 16.8. The number of amides is 2. The summed E-state index contributed by atoms with van der Waals surface area (Å²) in [6.07, 6.45) is 0. The molecule has 0 unspecified atom stereocenters. The van der Waals surface area contributed by atoms with Crippen molar-refractivity contribution in [2.75, 3.05) is 26.2 Å². The molecule has 6 nitrogen and oxygen atoms in total. The summed E-state index contributed by atoms with van der Waals surface area (Å²) in [4.78, 5) is 29.1. The van der Waals surface area contributed by atoms with Crippen molar-refractivity contribution >= 4 is 23.4 Å². The van der Waals surface area contributed by atoms with Crippen molar-refractivity contribution in [2.45, 2.75) is 6.92 Å². The highest BCUT2D eigenvalue weighted by molar-refractivity contribution is 6.30. The van der Waals surface area contributed by atoms with Gasteiger partial charge in [-0.2, -0.15) is 5.10 Å². The minimum atomic E-state index is -0.113. The molecule has 1 aliphatic heterocycles. The lowest BCUT2D eigenvalue weighted by Gasteiger charge is -2.34. The van der Waals surface area contributed by atoms with Gasteiger partial charge >= 0.3 is 0 Å². The van der Waals surface area contributed by atoms with Crippen molar-refractivity contribution in [1.82, 2.24) is 19.6 Å². The largest absolute Gasteiger partial charge is 0.335 e. The van der Waals surface area contributed by atoms with Crippen LogP contribution in [0.3, 0.4) is 0 Å². The van der Waals surface area contributed by atoms with E-state index in [-0.39, 0.29) is 11.8 Å². The molecule has 0 N–H and O–H groups in total. The number of para-hydroxylation sites is 1. The number of hydrogen-bond donors (Lipinski definition) is 0. The van der Waals surface area contributed by atoms with Crippen LogP contribution in [-0.4, -0.2) is 57.6 Å². The second-order valence-electron chi connectivity index (χ2n) is 7.01. The quantitative estimate of drug-likeness (QED) is 0.667. The molecule has 148 valence electrons. The average Bonchev–Trinajstić information content (AvgIpc) is 3.15. The summed E-state index contributed by atoms with van der Waals surface area (Å²) in [5.41, 5.74) is 2.80. The second kappa shape index (κ2) is 8.09. The first-order chi connectivity index (χ1) is 14.0. The van der Waals surface area contributed by atoms with E-state index in [4.69, 9.17) is 11.6 Å². The average molecular weight is 409 g/mol. The van der Waals surface area contributed by atoms with Crippen LogP contribution in [0.15, 0.2) is 60.7 Å². The van der Waals surface area contributed by atoms with Gasteiger partial charge in [-0.25, -0.2) is 4.68 Å². The normalized spacial score (nSPS) is 14.1. The summed E-state index contributed by atoms with van der Waals surface area (Å²) in [6.45, 7) is 3.84. The summed E-state index contributed by atoms with van der Waals surface area (Å²) in [5.74, 6) is -0.179. The van der Waals surface area contributed by atoms with Crippen molar-refractivity contribution < 1.29 is 9.59 Å². The van der Waals surface area contributed by atoms with Gasteiger partial charge in [-0.15, -0.1) is 0 Å². The SMILES string of the molecule is Cc1cc(C(=O)N2CCN(C(=O)c3cccc(Cl)c3)CC2)nn1-c1ccccc1. The highest BCUT2D eigenvalue weighted by Crippen LogP contribution is 2.17. The number of rotatable bonds is 3. The fourth-order valence-electron chi connectivity index (χ4n) is 3.49. The molecule has 4 rings (SSSR count). The Bertz CT molecular complexity index is 1040. The van der Waals surface area contributed by atoms with E-state index in [1.165, 1.54) is 0 Å². The maximum atomic E-state index is 12.9. The number of aryl methyl sites for hydroxylation is 1. The van der Waals surface area contributed by atoms with E-state index in [0.29, 0.717) is 42.5 Å². The summed E-state index contributed by atoms with van der Waals surface area (Å²) in [5, 5.41) is 5.03. The summed E-state index contributed by atoms with van der Waals surface area (Å²) in [7, 11) is 0. The topological polar surface area (TPSA) is 58.4 Å². The number of carbonyl (C=O) groups is 2. The number of halogens is 1. The van der Waals surface area contributed by atoms with Crippen molar-refractivity contribution in [2.24, 2.45) is 0 Å². The van der Waals surface area contributed by atoms with E-state index < -0.39 is 0 Å². The summed E-state index contributed by atoms with van der Waals surface area (Å²) in [6, 6.07) is 18.5. The lowest BCUT2D eigenvalue weighted by atomic mass is 10.2. The van der Waals surface area contributed by atoms with E-state index in [9.17, 15) is 9.59 Å². The molecule has 0 aliphatic carbocycles. The molecular formula is C22H21ClN4O2. The molecule has 2 aromatic carbocycles. The highest BCUT2D eigenvalue weighted by Gasteiger charge is 2.27. The molecule has 2 amide bonds. The number of aromatic nitrogens is 2. The molecule has 0 atom stereocenters. The Hall–Kier alpha value is -3.12. The lowest BCUT2D eigenvalue weighted by molar-refractivity contribution is 0.0532. The van der Waals surface area contributed by atoms with Crippen LogP contribution in [0.5, 0.6) is 0 Å². The molecule has 1 aliphatic rings. The minimum absolute atomic E-state index is 0.0659. The highest BCUT2D eigenvalue weighted by atomic mass is 35.5. The fourth-order valence-corrected chi connectivity index (χ4v) is 3.68. The van der Waals surface area contributed by atoms with Gasteiger partial charge in [0.25, 0.3) is 11.8 Å². The number of piperazine rings is 1. The van der Waals surface area contributed by atoms with Gasteiger partial charge in [0.1, 0.15) is 0 Å². The Morgan fingerprint density at radius 3 is 2.17 bits per heavy atom. The van der Waals surface area contributed by atoms with Crippen LogP contribution in [0.1, 0.15) is 26.5 Å². The van der Waals surface area contributed by atoms with Crippen LogP contribution in [-0.2, 0) is 0 Å². The molecule has 0 spiro atoms. The van der Waals surface area contributed by atoms with Gasteiger partial charge in [-0.05, 0) is 43.3 Å². The maximum Gasteiger partial charge on any atom is 0.274 e. The molecule has 1 saturated heterocycles. The van der Waals surface area contributed by atoms with Crippen LogP contribution in [0.25, 0.3) is 5.69 Å². The first kappa shape index (κ1) is 19.2. The Kier molecular flexibility index (Phi) is 5.36. The molecule has 29 heavy (non-hydrogen) atoms. The summed E-state index contributed by atoms with van der Waals surface area (Å²) < 4.78 is 1.77. The van der Waals surface area contributed by atoms with E-state index >= 15 is 0 Å². The minimum Gasteiger partial charge on any atom is -0.335 e. The third kappa shape index (κ3) is 4.03. The second-order valence-corrected chi connectivity index (χ2v) is 7.45. The molecule has 2 heterocycles. The first-order valence-electron chi connectivity index (χ1n) is 9.49. The van der Waals surface area contributed by atoms with Crippen molar-refractivity contribution in [3.05, 3.63) is 82.6 Å². The molecule has 0 saturated carbocycles. The Morgan fingerprint density at radius 1 is 0.862 bits per heavy atom. The van der Waals surface area contributed by atoms with Crippen LogP contribution < -0.4 is 0 Å². The van der Waals surface area contributed by atoms with Crippen molar-refractivity contribution in [3.63, 3.8) is 0 Å². The third-order valence-electron chi connectivity index (χ3n) is 5.03. The molecule has 1 fully saturated rings. The van der Waals surface area contributed by atoms with Crippen LogP contribution in [0, 0.1) is 6.92 Å². The molecule has 3 aromatic rings. The molecule has 0 radical (unpaired) electrons. The van der Waals surface area contributed by atoms with Gasteiger partial charge in [-0.3, -0.25) is 9.59 Å². The number of nitrogens with zero attached hydrogens (tertiary/aromatic N) is 4. The van der Waals surface area contributed by atoms with Gasteiger partial charge in [0.15, 0.2) is 5.69 Å². The number of benzene rings is 2. The zero-order chi connectivity index (χ0) is 20.4. The Balaban J connectivity index is 1.43. The van der Waals surface area contributed by atoms with E-state index in [0.717, 1.165) is 11.4 Å². The smallest absolute Gasteiger partial charge is 0.274 e. The van der Waals surface area contributed by atoms with Gasteiger partial charge < -0.3 is 9.80 Å². The number of hydrogen-bond acceptors (Lipinski definition) is 3. The molecular weight excluding hydrogens is 388 g/mol. The van der Waals surface area contributed by atoms with Crippen LogP contribution >= 0.6 is 11.6 Å². The first-order valence-corrected chi connectivity index (χ1v) is 9.87. The monoisotopic (exact) mass is 408 g/mol. The van der Waals surface area contributed by atoms with Gasteiger partial charge in [0.05, 0.1) is 5.69 Å². The molecule has 0 bridgehead atoms.